The van der Waals surface area contributed by atoms with Gasteiger partial charge in [0.05, 0.1) is 0 Å². The summed E-state index contributed by atoms with van der Waals surface area (Å²) in [5, 5.41) is 0.665. The summed E-state index contributed by atoms with van der Waals surface area (Å²) < 4.78 is 20.6. The third kappa shape index (κ3) is 6.79. The molecule has 0 aliphatic carbocycles. The molecule has 3 rings (SSSR count). The van der Waals surface area contributed by atoms with Crippen LogP contribution in [0.4, 0.5) is 4.39 Å². The lowest BCUT2D eigenvalue weighted by molar-refractivity contribution is 0.452. The Balaban J connectivity index is 1.51. The standard InChI is InChI=1S/C29H37FO2/c1-3-4-5-6-7-8-9-10-11-12-13-14-25-21-24-19-20-26(23-17-15-22(2)16-18-23)28(30)27(24)29(31)32-25/h15-21H,3-14H2,1-2H3. The SMILES string of the molecule is CCCCCCCCCCCCCc1cc2ccc(-c3ccc(C)cc3)c(F)c2c(=O)o1. The fourth-order valence-electron chi connectivity index (χ4n) is 4.33. The molecule has 2 aromatic carbocycles. The Hall–Kier alpha value is -2.42. The van der Waals surface area contributed by atoms with Gasteiger partial charge in [0.1, 0.15) is 17.0 Å². The van der Waals surface area contributed by atoms with E-state index in [-0.39, 0.29) is 5.39 Å². The van der Waals surface area contributed by atoms with Gasteiger partial charge < -0.3 is 4.42 Å². The summed E-state index contributed by atoms with van der Waals surface area (Å²) in [4.78, 5) is 12.6. The largest absolute Gasteiger partial charge is 0.427 e. The predicted octanol–water partition coefficient (Wildman–Crippen LogP) is 8.76. The van der Waals surface area contributed by atoms with Crippen LogP contribution in [-0.2, 0) is 6.42 Å². The highest BCUT2D eigenvalue weighted by molar-refractivity contribution is 5.87. The second-order valence-electron chi connectivity index (χ2n) is 9.04. The summed E-state index contributed by atoms with van der Waals surface area (Å²) in [6, 6.07) is 13.1. The summed E-state index contributed by atoms with van der Waals surface area (Å²) in [5.41, 5.74) is 1.73. The van der Waals surface area contributed by atoms with E-state index in [4.69, 9.17) is 4.42 Å². The lowest BCUT2D eigenvalue weighted by Crippen LogP contribution is -2.05. The topological polar surface area (TPSA) is 30.2 Å². The van der Waals surface area contributed by atoms with E-state index < -0.39 is 11.4 Å². The zero-order valence-corrected chi connectivity index (χ0v) is 19.7. The zero-order valence-electron chi connectivity index (χ0n) is 19.7. The van der Waals surface area contributed by atoms with E-state index in [1.165, 1.54) is 57.8 Å². The van der Waals surface area contributed by atoms with E-state index in [1.807, 2.05) is 43.3 Å². The van der Waals surface area contributed by atoms with Gasteiger partial charge in [-0.2, -0.15) is 0 Å². The quantitative estimate of drug-likeness (QED) is 0.251. The lowest BCUT2D eigenvalue weighted by Gasteiger charge is -2.08. The van der Waals surface area contributed by atoms with Crippen LogP contribution in [0.15, 0.2) is 51.7 Å². The van der Waals surface area contributed by atoms with Crippen LogP contribution in [0.3, 0.4) is 0 Å². The Morgan fingerprint density at radius 3 is 2.00 bits per heavy atom. The van der Waals surface area contributed by atoms with Gasteiger partial charge in [-0.3, -0.25) is 0 Å². The second-order valence-corrected chi connectivity index (χ2v) is 9.04. The first-order valence-electron chi connectivity index (χ1n) is 12.4. The minimum Gasteiger partial charge on any atom is -0.427 e. The first-order chi connectivity index (χ1) is 15.6. The van der Waals surface area contributed by atoms with E-state index in [0.29, 0.717) is 16.7 Å². The summed E-state index contributed by atoms with van der Waals surface area (Å²) in [5.74, 6) is 0.155. The van der Waals surface area contributed by atoms with Gasteiger partial charge in [0, 0.05) is 12.0 Å². The first kappa shape index (κ1) is 24.2. The van der Waals surface area contributed by atoms with Crippen molar-refractivity contribution in [2.75, 3.05) is 0 Å². The van der Waals surface area contributed by atoms with E-state index in [0.717, 1.165) is 30.4 Å². The van der Waals surface area contributed by atoms with E-state index in [1.54, 1.807) is 6.07 Å². The maximum Gasteiger partial charge on any atom is 0.346 e. The molecule has 0 saturated heterocycles. The van der Waals surface area contributed by atoms with Crippen LogP contribution in [0.25, 0.3) is 21.9 Å². The smallest absolute Gasteiger partial charge is 0.346 e. The van der Waals surface area contributed by atoms with Crippen LogP contribution in [0, 0.1) is 12.7 Å². The Morgan fingerprint density at radius 1 is 0.781 bits per heavy atom. The number of benzene rings is 2. The van der Waals surface area contributed by atoms with Crippen LogP contribution >= 0.6 is 0 Å². The molecule has 0 saturated carbocycles. The fraction of sp³-hybridized carbons (Fsp3) is 0.483. The summed E-state index contributed by atoms with van der Waals surface area (Å²) >= 11 is 0. The van der Waals surface area contributed by atoms with Gasteiger partial charge in [-0.1, -0.05) is 113 Å². The highest BCUT2D eigenvalue weighted by Crippen LogP contribution is 2.28. The maximum absolute atomic E-state index is 15.1. The molecule has 0 fully saturated rings. The van der Waals surface area contributed by atoms with Crippen LogP contribution in [0.1, 0.15) is 88.9 Å². The van der Waals surface area contributed by atoms with Crippen molar-refractivity contribution >= 4 is 10.8 Å². The van der Waals surface area contributed by atoms with Crippen molar-refractivity contribution in [2.24, 2.45) is 0 Å². The van der Waals surface area contributed by atoms with Gasteiger partial charge in [0.2, 0.25) is 0 Å². The number of halogens is 1. The van der Waals surface area contributed by atoms with Gasteiger partial charge in [-0.05, 0) is 30.4 Å². The number of aryl methyl sites for hydroxylation is 2. The van der Waals surface area contributed by atoms with E-state index >= 15 is 4.39 Å². The number of fused-ring (bicyclic) bond motifs is 1. The molecule has 1 aromatic heterocycles. The van der Waals surface area contributed by atoms with E-state index in [9.17, 15) is 4.79 Å². The zero-order chi connectivity index (χ0) is 22.8. The minimum atomic E-state index is -0.577. The monoisotopic (exact) mass is 436 g/mol. The fourth-order valence-corrected chi connectivity index (χ4v) is 4.33. The molecule has 0 spiro atoms. The van der Waals surface area contributed by atoms with Gasteiger partial charge in [0.25, 0.3) is 0 Å². The molecule has 0 bridgehead atoms. The summed E-state index contributed by atoms with van der Waals surface area (Å²) in [6.07, 6.45) is 14.8. The number of hydrogen-bond acceptors (Lipinski definition) is 2. The molecule has 3 aromatic rings. The maximum atomic E-state index is 15.1. The molecule has 32 heavy (non-hydrogen) atoms. The molecule has 0 aliphatic heterocycles. The van der Waals surface area contributed by atoms with Crippen molar-refractivity contribution < 1.29 is 8.81 Å². The molecule has 0 radical (unpaired) electrons. The summed E-state index contributed by atoms with van der Waals surface area (Å²) in [7, 11) is 0. The van der Waals surface area contributed by atoms with Crippen molar-refractivity contribution in [3.8, 4) is 11.1 Å². The predicted molar refractivity (Wildman–Crippen MR) is 133 cm³/mol. The molecule has 0 unspecified atom stereocenters. The molecular formula is C29H37FO2. The Labute approximate surface area is 191 Å². The molecule has 0 atom stereocenters. The van der Waals surface area contributed by atoms with Crippen LogP contribution in [-0.4, -0.2) is 0 Å². The highest BCUT2D eigenvalue weighted by Gasteiger charge is 2.14. The molecule has 172 valence electrons. The molecule has 3 heteroatoms. The molecular weight excluding hydrogens is 399 g/mol. The summed E-state index contributed by atoms with van der Waals surface area (Å²) in [6.45, 7) is 4.25. The second kappa shape index (κ2) is 12.6. The van der Waals surface area contributed by atoms with Crippen molar-refractivity contribution in [2.45, 2.75) is 90.9 Å². The van der Waals surface area contributed by atoms with Crippen LogP contribution in [0.2, 0.25) is 0 Å². The number of rotatable bonds is 13. The van der Waals surface area contributed by atoms with Gasteiger partial charge in [-0.25, -0.2) is 9.18 Å². The Kier molecular flexibility index (Phi) is 9.52. The molecule has 1 heterocycles. The number of hydrogen-bond donors (Lipinski definition) is 0. The van der Waals surface area contributed by atoms with E-state index in [2.05, 4.69) is 6.92 Å². The normalized spacial score (nSPS) is 11.3. The lowest BCUT2D eigenvalue weighted by atomic mass is 10.00. The van der Waals surface area contributed by atoms with Crippen LogP contribution < -0.4 is 5.63 Å². The first-order valence-corrected chi connectivity index (χ1v) is 12.4. The van der Waals surface area contributed by atoms with Crippen molar-refractivity contribution in [3.05, 3.63) is 70.0 Å². The number of unbranched alkanes of at least 4 members (excludes halogenated alkanes) is 10. The average molecular weight is 437 g/mol. The van der Waals surface area contributed by atoms with Crippen molar-refractivity contribution in [3.63, 3.8) is 0 Å². The van der Waals surface area contributed by atoms with Gasteiger partial charge in [0.15, 0.2) is 0 Å². The molecule has 0 N–H and O–H groups in total. The van der Waals surface area contributed by atoms with Crippen molar-refractivity contribution in [1.82, 2.24) is 0 Å². The molecule has 0 aliphatic rings. The Bertz CT molecular complexity index is 1030. The van der Waals surface area contributed by atoms with Gasteiger partial charge in [-0.15, -0.1) is 0 Å². The third-order valence-corrected chi connectivity index (χ3v) is 6.31. The molecule has 2 nitrogen and oxygen atoms in total. The minimum absolute atomic E-state index is 0.0470. The highest BCUT2D eigenvalue weighted by atomic mass is 19.1. The third-order valence-electron chi connectivity index (χ3n) is 6.31. The van der Waals surface area contributed by atoms with Crippen LogP contribution in [0.5, 0.6) is 0 Å². The van der Waals surface area contributed by atoms with Gasteiger partial charge >= 0.3 is 5.63 Å². The average Bonchev–Trinajstić information content (AvgIpc) is 2.78. The van der Waals surface area contributed by atoms with Crippen molar-refractivity contribution in [1.29, 1.82) is 0 Å². The Morgan fingerprint density at radius 2 is 1.38 bits per heavy atom. The molecule has 0 amide bonds.